The third-order valence-electron chi connectivity index (χ3n) is 3.99. The summed E-state index contributed by atoms with van der Waals surface area (Å²) >= 11 is 0. The van der Waals surface area contributed by atoms with E-state index in [0.29, 0.717) is 31.3 Å². The number of nitrogens with zero attached hydrogens (tertiary/aromatic N) is 4. The van der Waals surface area contributed by atoms with Crippen molar-refractivity contribution in [3.05, 3.63) is 53.5 Å². The quantitative estimate of drug-likeness (QED) is 0.859. The minimum absolute atomic E-state index is 0.0983. The molecule has 6 heteroatoms. The second-order valence-electron chi connectivity index (χ2n) is 5.90. The van der Waals surface area contributed by atoms with Crippen LogP contribution in [0.15, 0.2) is 36.4 Å². The standard InChI is InChI=1S/C18H22N4O2/c1-14-19-16(12-17(20-14)22-8-10-24-11-9-22)18(23)21(2)13-15-6-4-3-5-7-15/h3-7,12H,8-11,13H2,1-2H3. The number of amides is 1. The van der Waals surface area contributed by atoms with Crippen LogP contribution in [-0.4, -0.2) is 54.1 Å². The number of ether oxygens (including phenoxy) is 1. The minimum atomic E-state index is -0.0983. The summed E-state index contributed by atoms with van der Waals surface area (Å²) < 4.78 is 5.37. The molecule has 2 aromatic rings. The van der Waals surface area contributed by atoms with Crippen LogP contribution in [0.1, 0.15) is 21.9 Å². The molecule has 0 radical (unpaired) electrons. The SMILES string of the molecule is Cc1nc(C(=O)N(C)Cc2ccccc2)cc(N2CCOCC2)n1. The van der Waals surface area contributed by atoms with Gasteiger partial charge in [-0.05, 0) is 12.5 Å². The molecule has 1 fully saturated rings. The van der Waals surface area contributed by atoms with E-state index in [4.69, 9.17) is 4.74 Å². The van der Waals surface area contributed by atoms with Gasteiger partial charge in [0, 0.05) is 32.7 Å². The van der Waals surface area contributed by atoms with Crippen LogP contribution in [0.3, 0.4) is 0 Å². The first-order chi connectivity index (χ1) is 11.6. The minimum Gasteiger partial charge on any atom is -0.378 e. The Morgan fingerprint density at radius 2 is 1.92 bits per heavy atom. The monoisotopic (exact) mass is 326 g/mol. The van der Waals surface area contributed by atoms with E-state index in [2.05, 4.69) is 14.9 Å². The van der Waals surface area contributed by atoms with Gasteiger partial charge in [-0.2, -0.15) is 0 Å². The Bertz CT molecular complexity index is 699. The fourth-order valence-electron chi connectivity index (χ4n) is 2.74. The van der Waals surface area contributed by atoms with Crippen LogP contribution in [0.2, 0.25) is 0 Å². The summed E-state index contributed by atoms with van der Waals surface area (Å²) in [6.45, 7) is 5.29. The summed E-state index contributed by atoms with van der Waals surface area (Å²) in [6, 6.07) is 11.7. The predicted octanol–water partition coefficient (Wildman–Crippen LogP) is 1.89. The maximum Gasteiger partial charge on any atom is 0.272 e. The van der Waals surface area contributed by atoms with E-state index in [-0.39, 0.29) is 5.91 Å². The van der Waals surface area contributed by atoms with Gasteiger partial charge in [0.2, 0.25) is 0 Å². The number of hydrogen-bond donors (Lipinski definition) is 0. The smallest absolute Gasteiger partial charge is 0.272 e. The number of hydrogen-bond acceptors (Lipinski definition) is 5. The first-order valence-corrected chi connectivity index (χ1v) is 8.11. The van der Waals surface area contributed by atoms with E-state index in [1.165, 1.54) is 0 Å². The summed E-state index contributed by atoms with van der Waals surface area (Å²) in [7, 11) is 1.79. The highest BCUT2D eigenvalue weighted by molar-refractivity contribution is 5.92. The molecule has 1 aliphatic rings. The Labute approximate surface area is 142 Å². The van der Waals surface area contributed by atoms with Crippen LogP contribution in [0, 0.1) is 6.92 Å². The Morgan fingerprint density at radius 1 is 1.21 bits per heavy atom. The second kappa shape index (κ2) is 7.40. The van der Waals surface area contributed by atoms with Crippen LogP contribution in [-0.2, 0) is 11.3 Å². The maximum absolute atomic E-state index is 12.7. The van der Waals surface area contributed by atoms with Crippen molar-refractivity contribution in [3.63, 3.8) is 0 Å². The molecule has 1 saturated heterocycles. The lowest BCUT2D eigenvalue weighted by molar-refractivity contribution is 0.0779. The number of rotatable bonds is 4. The van der Waals surface area contributed by atoms with Crippen molar-refractivity contribution in [1.82, 2.24) is 14.9 Å². The highest BCUT2D eigenvalue weighted by Gasteiger charge is 2.19. The van der Waals surface area contributed by atoms with Gasteiger partial charge >= 0.3 is 0 Å². The average Bonchev–Trinajstić information content (AvgIpc) is 2.62. The zero-order chi connectivity index (χ0) is 16.9. The van der Waals surface area contributed by atoms with E-state index < -0.39 is 0 Å². The van der Waals surface area contributed by atoms with Gasteiger partial charge in [-0.25, -0.2) is 9.97 Å². The summed E-state index contributed by atoms with van der Waals surface area (Å²) in [4.78, 5) is 25.3. The molecule has 1 aliphatic heterocycles. The molecule has 1 aromatic carbocycles. The molecular weight excluding hydrogens is 304 g/mol. The van der Waals surface area contributed by atoms with Crippen LogP contribution in [0.4, 0.5) is 5.82 Å². The van der Waals surface area contributed by atoms with E-state index in [1.807, 2.05) is 37.3 Å². The number of morpholine rings is 1. The molecule has 3 rings (SSSR count). The lowest BCUT2D eigenvalue weighted by Crippen LogP contribution is -2.37. The predicted molar refractivity (Wildman–Crippen MR) is 92.0 cm³/mol. The van der Waals surface area contributed by atoms with Gasteiger partial charge in [0.25, 0.3) is 5.91 Å². The number of carbonyl (C=O) groups excluding carboxylic acids is 1. The van der Waals surface area contributed by atoms with E-state index >= 15 is 0 Å². The lowest BCUT2D eigenvalue weighted by Gasteiger charge is -2.28. The summed E-state index contributed by atoms with van der Waals surface area (Å²) in [6.07, 6.45) is 0. The summed E-state index contributed by atoms with van der Waals surface area (Å²) in [5.41, 5.74) is 1.52. The van der Waals surface area contributed by atoms with Crippen molar-refractivity contribution in [2.45, 2.75) is 13.5 Å². The molecule has 0 saturated carbocycles. The van der Waals surface area contributed by atoms with Gasteiger partial charge < -0.3 is 14.5 Å². The number of anilines is 1. The van der Waals surface area contributed by atoms with Crippen LogP contribution in [0.5, 0.6) is 0 Å². The second-order valence-corrected chi connectivity index (χ2v) is 5.90. The molecule has 1 amide bonds. The van der Waals surface area contributed by atoms with Gasteiger partial charge in [-0.15, -0.1) is 0 Å². The molecule has 0 unspecified atom stereocenters. The van der Waals surface area contributed by atoms with Gasteiger partial charge in [0.15, 0.2) is 0 Å². The third kappa shape index (κ3) is 3.89. The third-order valence-corrected chi connectivity index (χ3v) is 3.99. The lowest BCUT2D eigenvalue weighted by atomic mass is 10.2. The highest BCUT2D eigenvalue weighted by atomic mass is 16.5. The number of aryl methyl sites for hydroxylation is 1. The van der Waals surface area contributed by atoms with Crippen molar-refractivity contribution < 1.29 is 9.53 Å². The molecule has 24 heavy (non-hydrogen) atoms. The molecule has 0 spiro atoms. The topological polar surface area (TPSA) is 58.6 Å². The Balaban J connectivity index is 1.77. The largest absolute Gasteiger partial charge is 0.378 e. The van der Waals surface area contributed by atoms with Gasteiger partial charge in [-0.1, -0.05) is 30.3 Å². The van der Waals surface area contributed by atoms with E-state index in [1.54, 1.807) is 18.0 Å². The first kappa shape index (κ1) is 16.4. The van der Waals surface area contributed by atoms with Crippen LogP contribution in [0.25, 0.3) is 0 Å². The Kier molecular flexibility index (Phi) is 5.05. The summed E-state index contributed by atoms with van der Waals surface area (Å²) in [5.74, 6) is 1.30. The van der Waals surface area contributed by atoms with Crippen molar-refractivity contribution in [3.8, 4) is 0 Å². The molecule has 0 atom stereocenters. The van der Waals surface area contributed by atoms with Crippen molar-refractivity contribution in [1.29, 1.82) is 0 Å². The molecule has 0 aliphatic carbocycles. The molecule has 0 N–H and O–H groups in total. The molecule has 0 bridgehead atoms. The molecular formula is C18H22N4O2. The first-order valence-electron chi connectivity index (χ1n) is 8.11. The number of carbonyl (C=O) groups is 1. The molecule has 2 heterocycles. The fourth-order valence-corrected chi connectivity index (χ4v) is 2.74. The zero-order valence-corrected chi connectivity index (χ0v) is 14.1. The number of aromatic nitrogens is 2. The van der Waals surface area contributed by atoms with Crippen molar-refractivity contribution >= 4 is 11.7 Å². The van der Waals surface area contributed by atoms with E-state index in [0.717, 1.165) is 24.5 Å². The highest BCUT2D eigenvalue weighted by Crippen LogP contribution is 2.16. The average molecular weight is 326 g/mol. The maximum atomic E-state index is 12.7. The van der Waals surface area contributed by atoms with Gasteiger partial charge in [0.05, 0.1) is 13.2 Å². The molecule has 6 nitrogen and oxygen atoms in total. The number of benzene rings is 1. The Hall–Kier alpha value is -2.47. The molecule has 126 valence electrons. The fraction of sp³-hybridized carbons (Fsp3) is 0.389. The van der Waals surface area contributed by atoms with Crippen molar-refractivity contribution in [2.24, 2.45) is 0 Å². The Morgan fingerprint density at radius 3 is 2.62 bits per heavy atom. The zero-order valence-electron chi connectivity index (χ0n) is 14.1. The van der Waals surface area contributed by atoms with E-state index in [9.17, 15) is 4.79 Å². The van der Waals surface area contributed by atoms with Gasteiger partial charge in [-0.3, -0.25) is 4.79 Å². The van der Waals surface area contributed by atoms with Crippen LogP contribution < -0.4 is 4.90 Å². The normalized spacial score (nSPS) is 14.5. The summed E-state index contributed by atoms with van der Waals surface area (Å²) in [5, 5.41) is 0. The van der Waals surface area contributed by atoms with Gasteiger partial charge in [0.1, 0.15) is 17.3 Å². The van der Waals surface area contributed by atoms with Crippen LogP contribution >= 0.6 is 0 Å². The van der Waals surface area contributed by atoms with Crippen molar-refractivity contribution in [2.75, 3.05) is 38.3 Å². The molecule has 1 aromatic heterocycles.